The van der Waals surface area contributed by atoms with Gasteiger partial charge in [-0.05, 0) is 50.1 Å². The van der Waals surface area contributed by atoms with E-state index in [2.05, 4.69) is 66.3 Å². The number of aromatic nitrogens is 1. The third-order valence-electron chi connectivity index (χ3n) is 4.02. The van der Waals surface area contributed by atoms with Crippen molar-refractivity contribution in [3.05, 3.63) is 53.9 Å². The first kappa shape index (κ1) is 18.9. The maximum atomic E-state index is 5.56. The van der Waals surface area contributed by atoms with E-state index < -0.39 is 0 Å². The van der Waals surface area contributed by atoms with E-state index in [1.807, 2.05) is 19.1 Å². The molecule has 0 aliphatic heterocycles. The Morgan fingerprint density at radius 1 is 1.24 bits per heavy atom. The van der Waals surface area contributed by atoms with Crippen LogP contribution in [0.1, 0.15) is 25.1 Å². The van der Waals surface area contributed by atoms with Gasteiger partial charge in [-0.1, -0.05) is 12.1 Å². The quantitative estimate of drug-likeness (QED) is 0.592. The number of hydrogen-bond acceptors (Lipinski definition) is 2. The second-order valence-electron chi connectivity index (χ2n) is 6.03. The molecule has 1 aromatic heterocycles. The van der Waals surface area contributed by atoms with Gasteiger partial charge in [-0.25, -0.2) is 0 Å². The molecule has 0 saturated heterocycles. The summed E-state index contributed by atoms with van der Waals surface area (Å²) in [6.45, 7) is 7.22. The van der Waals surface area contributed by atoms with Crippen molar-refractivity contribution in [2.24, 2.45) is 12.0 Å². The van der Waals surface area contributed by atoms with Gasteiger partial charge >= 0.3 is 0 Å². The standard InChI is InChI=1S/C20H30N4O/c1-5-21-20(24(4)16-18-10-8-14-23(18)3)22-13-12-17-9-7-11-19(15-17)25-6-2/h7-11,14-15H,5-6,12-13,16H2,1-4H3,(H,21,22). The van der Waals surface area contributed by atoms with Crippen LogP contribution in [0.25, 0.3) is 0 Å². The van der Waals surface area contributed by atoms with Crippen LogP contribution in [0.2, 0.25) is 0 Å². The maximum Gasteiger partial charge on any atom is 0.194 e. The summed E-state index contributed by atoms with van der Waals surface area (Å²) in [6, 6.07) is 12.5. The predicted octanol–water partition coefficient (Wildman–Crippen LogP) is 3.06. The second-order valence-corrected chi connectivity index (χ2v) is 6.03. The molecule has 0 spiro atoms. The van der Waals surface area contributed by atoms with E-state index in [4.69, 9.17) is 9.73 Å². The van der Waals surface area contributed by atoms with Gasteiger partial charge in [-0.2, -0.15) is 0 Å². The molecule has 0 fully saturated rings. The first-order chi connectivity index (χ1) is 12.1. The van der Waals surface area contributed by atoms with Gasteiger partial charge in [0.15, 0.2) is 5.96 Å². The van der Waals surface area contributed by atoms with Crippen molar-refractivity contribution in [1.82, 2.24) is 14.8 Å². The van der Waals surface area contributed by atoms with Gasteiger partial charge < -0.3 is 19.5 Å². The van der Waals surface area contributed by atoms with Gasteiger partial charge in [0.05, 0.1) is 13.2 Å². The van der Waals surface area contributed by atoms with Gasteiger partial charge in [0.2, 0.25) is 0 Å². The largest absolute Gasteiger partial charge is 0.494 e. The summed E-state index contributed by atoms with van der Waals surface area (Å²) in [7, 11) is 4.14. The molecule has 0 saturated carbocycles. The summed E-state index contributed by atoms with van der Waals surface area (Å²) >= 11 is 0. The molecule has 2 aromatic rings. The Labute approximate surface area is 151 Å². The lowest BCUT2D eigenvalue weighted by Gasteiger charge is -2.22. The zero-order valence-electron chi connectivity index (χ0n) is 15.8. The molecular weight excluding hydrogens is 312 g/mol. The van der Waals surface area contributed by atoms with Crippen molar-refractivity contribution in [1.29, 1.82) is 0 Å². The number of aryl methyl sites for hydroxylation is 1. The average molecular weight is 342 g/mol. The van der Waals surface area contributed by atoms with Crippen LogP contribution >= 0.6 is 0 Å². The van der Waals surface area contributed by atoms with Crippen molar-refractivity contribution < 1.29 is 4.74 Å². The molecule has 1 aromatic carbocycles. The number of ether oxygens (including phenoxy) is 1. The van der Waals surface area contributed by atoms with Gasteiger partial charge in [-0.15, -0.1) is 0 Å². The van der Waals surface area contributed by atoms with E-state index in [1.165, 1.54) is 11.3 Å². The van der Waals surface area contributed by atoms with Crippen LogP contribution in [0, 0.1) is 0 Å². The van der Waals surface area contributed by atoms with Crippen molar-refractivity contribution in [2.45, 2.75) is 26.8 Å². The van der Waals surface area contributed by atoms with Gasteiger partial charge in [-0.3, -0.25) is 4.99 Å². The van der Waals surface area contributed by atoms with E-state index in [0.29, 0.717) is 6.61 Å². The summed E-state index contributed by atoms with van der Waals surface area (Å²) in [6.07, 6.45) is 2.96. The highest BCUT2D eigenvalue weighted by atomic mass is 16.5. The van der Waals surface area contributed by atoms with Crippen LogP contribution in [-0.2, 0) is 20.0 Å². The molecule has 136 valence electrons. The smallest absolute Gasteiger partial charge is 0.194 e. The van der Waals surface area contributed by atoms with Gasteiger partial charge in [0.25, 0.3) is 0 Å². The van der Waals surface area contributed by atoms with E-state index in [0.717, 1.165) is 37.8 Å². The lowest BCUT2D eigenvalue weighted by Crippen LogP contribution is -2.39. The topological polar surface area (TPSA) is 41.8 Å². The number of hydrogen-bond donors (Lipinski definition) is 1. The van der Waals surface area contributed by atoms with Crippen LogP contribution in [0.5, 0.6) is 5.75 Å². The molecule has 2 rings (SSSR count). The number of guanidine groups is 1. The lowest BCUT2D eigenvalue weighted by molar-refractivity contribution is 0.340. The first-order valence-electron chi connectivity index (χ1n) is 8.95. The Hall–Kier alpha value is -2.43. The highest BCUT2D eigenvalue weighted by Gasteiger charge is 2.08. The third-order valence-corrected chi connectivity index (χ3v) is 4.02. The highest BCUT2D eigenvalue weighted by molar-refractivity contribution is 5.79. The summed E-state index contributed by atoms with van der Waals surface area (Å²) in [5.41, 5.74) is 2.51. The minimum atomic E-state index is 0.691. The van der Waals surface area contributed by atoms with Gasteiger partial charge in [0.1, 0.15) is 5.75 Å². The van der Waals surface area contributed by atoms with E-state index >= 15 is 0 Å². The molecular formula is C20H30N4O. The van der Waals surface area contributed by atoms with Gasteiger partial charge in [0, 0.05) is 39.1 Å². The monoisotopic (exact) mass is 342 g/mol. The Kier molecular flexibility index (Phi) is 7.38. The Morgan fingerprint density at radius 2 is 2.08 bits per heavy atom. The van der Waals surface area contributed by atoms with Crippen molar-refractivity contribution in [3.63, 3.8) is 0 Å². The maximum absolute atomic E-state index is 5.56. The number of rotatable bonds is 8. The molecule has 0 radical (unpaired) electrons. The van der Waals surface area contributed by atoms with Crippen LogP contribution < -0.4 is 10.1 Å². The molecule has 0 amide bonds. The minimum absolute atomic E-state index is 0.691. The fraction of sp³-hybridized carbons (Fsp3) is 0.450. The number of aliphatic imine (C=N–C) groups is 1. The predicted molar refractivity (Wildman–Crippen MR) is 104 cm³/mol. The Balaban J connectivity index is 1.96. The number of nitrogens with zero attached hydrogens (tertiary/aromatic N) is 3. The van der Waals surface area contributed by atoms with Crippen molar-refractivity contribution in [3.8, 4) is 5.75 Å². The molecule has 25 heavy (non-hydrogen) atoms. The fourth-order valence-corrected chi connectivity index (χ4v) is 2.70. The fourth-order valence-electron chi connectivity index (χ4n) is 2.70. The molecule has 1 heterocycles. The van der Waals surface area contributed by atoms with Crippen LogP contribution in [0.4, 0.5) is 0 Å². The molecule has 0 bridgehead atoms. The first-order valence-corrected chi connectivity index (χ1v) is 8.95. The van der Waals surface area contributed by atoms with Crippen molar-refractivity contribution >= 4 is 5.96 Å². The summed E-state index contributed by atoms with van der Waals surface area (Å²) in [4.78, 5) is 6.94. The normalized spacial score (nSPS) is 11.4. The minimum Gasteiger partial charge on any atom is -0.494 e. The van der Waals surface area contributed by atoms with E-state index in [9.17, 15) is 0 Å². The highest BCUT2D eigenvalue weighted by Crippen LogP contribution is 2.13. The van der Waals surface area contributed by atoms with Crippen LogP contribution in [0.15, 0.2) is 47.6 Å². The molecule has 5 heteroatoms. The average Bonchev–Trinajstić information content (AvgIpc) is 2.99. The van der Waals surface area contributed by atoms with Crippen LogP contribution in [-0.4, -0.2) is 42.2 Å². The summed E-state index contributed by atoms with van der Waals surface area (Å²) < 4.78 is 7.70. The molecule has 0 aliphatic rings. The zero-order chi connectivity index (χ0) is 18.1. The number of nitrogens with one attached hydrogen (secondary N) is 1. The summed E-state index contributed by atoms with van der Waals surface area (Å²) in [5.74, 6) is 1.86. The number of benzene rings is 1. The molecule has 0 unspecified atom stereocenters. The third kappa shape index (κ3) is 5.85. The van der Waals surface area contributed by atoms with Crippen LogP contribution in [0.3, 0.4) is 0 Å². The zero-order valence-corrected chi connectivity index (χ0v) is 15.8. The Bertz CT molecular complexity index is 678. The second kappa shape index (κ2) is 9.77. The lowest BCUT2D eigenvalue weighted by atomic mass is 10.1. The SMILES string of the molecule is CCNC(=NCCc1cccc(OCC)c1)N(C)Cc1cccn1C. The molecule has 5 nitrogen and oxygen atoms in total. The summed E-state index contributed by atoms with van der Waals surface area (Å²) in [5, 5.41) is 3.37. The van der Waals surface area contributed by atoms with E-state index in [1.54, 1.807) is 0 Å². The molecule has 0 aliphatic carbocycles. The van der Waals surface area contributed by atoms with Crippen molar-refractivity contribution in [2.75, 3.05) is 26.7 Å². The Morgan fingerprint density at radius 3 is 2.76 bits per heavy atom. The van der Waals surface area contributed by atoms with E-state index in [-0.39, 0.29) is 0 Å². The molecule has 1 N–H and O–H groups in total. The molecule has 0 atom stereocenters.